The second kappa shape index (κ2) is 5.68. The van der Waals surface area contributed by atoms with Gasteiger partial charge in [-0.25, -0.2) is 4.98 Å². The maximum atomic E-state index is 12.1. The van der Waals surface area contributed by atoms with Crippen molar-refractivity contribution in [2.24, 2.45) is 0 Å². The van der Waals surface area contributed by atoms with Crippen LogP contribution in [0.15, 0.2) is 6.33 Å². The molecular weight excluding hydrogens is 248 g/mol. The summed E-state index contributed by atoms with van der Waals surface area (Å²) in [6, 6.07) is -0.222. The minimum Gasteiger partial charge on any atom is -0.376 e. The van der Waals surface area contributed by atoms with Crippen molar-refractivity contribution >= 4 is 5.91 Å². The molecule has 19 heavy (non-hydrogen) atoms. The molecule has 0 aliphatic carbocycles. The zero-order valence-corrected chi connectivity index (χ0v) is 10.6. The average Bonchev–Trinajstić information content (AvgIpc) is 2.93. The van der Waals surface area contributed by atoms with Crippen LogP contribution in [0.4, 0.5) is 0 Å². The summed E-state index contributed by atoms with van der Waals surface area (Å²) in [7, 11) is 0. The fourth-order valence-electron chi connectivity index (χ4n) is 2.35. The molecule has 1 fully saturated rings. The van der Waals surface area contributed by atoms with Crippen LogP contribution in [0.1, 0.15) is 11.4 Å². The molecule has 2 aliphatic rings. The van der Waals surface area contributed by atoms with Crippen LogP contribution in [0.5, 0.6) is 0 Å². The van der Waals surface area contributed by atoms with Crippen molar-refractivity contribution in [3.63, 3.8) is 0 Å². The fraction of sp³-hybridized carbons (Fsp3) is 0.667. The largest absolute Gasteiger partial charge is 0.376 e. The zero-order valence-electron chi connectivity index (χ0n) is 10.6. The Morgan fingerprint density at radius 1 is 1.53 bits per heavy atom. The molecule has 2 aliphatic heterocycles. The molecule has 2 atom stereocenters. The second-order valence-electron chi connectivity index (χ2n) is 4.78. The maximum absolute atomic E-state index is 12.1. The summed E-state index contributed by atoms with van der Waals surface area (Å²) in [6.45, 7) is 2.91. The molecular formula is C12H18N4O3. The topological polar surface area (TPSA) is 88.3 Å². The van der Waals surface area contributed by atoms with Crippen LogP contribution in [0.25, 0.3) is 0 Å². The Morgan fingerprint density at radius 3 is 3.32 bits per heavy atom. The Bertz CT molecular complexity index is 442. The fourth-order valence-corrected chi connectivity index (χ4v) is 2.35. The van der Waals surface area contributed by atoms with Gasteiger partial charge in [-0.2, -0.15) is 0 Å². The van der Waals surface area contributed by atoms with E-state index in [0.29, 0.717) is 39.3 Å². The van der Waals surface area contributed by atoms with Gasteiger partial charge in [0.15, 0.2) is 0 Å². The number of ether oxygens (including phenoxy) is 2. The average molecular weight is 266 g/mol. The lowest BCUT2D eigenvalue weighted by Gasteiger charge is -2.26. The van der Waals surface area contributed by atoms with E-state index in [0.717, 1.165) is 11.4 Å². The van der Waals surface area contributed by atoms with Gasteiger partial charge < -0.3 is 19.8 Å². The number of aromatic amines is 1. The molecule has 0 spiro atoms. The van der Waals surface area contributed by atoms with Crippen molar-refractivity contribution in [1.29, 1.82) is 0 Å². The lowest BCUT2D eigenvalue weighted by molar-refractivity contribution is -0.126. The summed E-state index contributed by atoms with van der Waals surface area (Å²) in [5.41, 5.74) is 2.03. The Kier molecular flexibility index (Phi) is 3.77. The number of hydrogen-bond acceptors (Lipinski definition) is 5. The van der Waals surface area contributed by atoms with Crippen molar-refractivity contribution in [2.45, 2.75) is 25.1 Å². The van der Waals surface area contributed by atoms with Gasteiger partial charge in [-0.15, -0.1) is 0 Å². The third kappa shape index (κ3) is 2.94. The predicted octanol–water partition coefficient (Wildman–Crippen LogP) is -1.04. The van der Waals surface area contributed by atoms with Crippen molar-refractivity contribution in [2.75, 3.05) is 26.4 Å². The molecule has 0 bridgehead atoms. The second-order valence-corrected chi connectivity index (χ2v) is 4.78. The van der Waals surface area contributed by atoms with E-state index in [4.69, 9.17) is 9.47 Å². The lowest BCUT2D eigenvalue weighted by Crippen LogP contribution is -2.50. The van der Waals surface area contributed by atoms with Gasteiger partial charge in [-0.05, 0) is 0 Å². The van der Waals surface area contributed by atoms with Crippen molar-refractivity contribution < 1.29 is 14.3 Å². The number of hydrogen-bond donors (Lipinski definition) is 3. The molecule has 104 valence electrons. The van der Waals surface area contributed by atoms with E-state index in [9.17, 15) is 4.79 Å². The number of carbonyl (C=O) groups is 1. The Hall–Kier alpha value is -1.44. The first kappa shape index (κ1) is 12.6. The quantitative estimate of drug-likeness (QED) is 0.650. The number of imidazole rings is 1. The Morgan fingerprint density at radius 2 is 2.47 bits per heavy atom. The summed E-state index contributed by atoms with van der Waals surface area (Å²) in [6.07, 6.45) is 2.24. The maximum Gasteiger partial charge on any atom is 0.237 e. The number of aromatic nitrogens is 2. The van der Waals surface area contributed by atoms with E-state index in [1.165, 1.54) is 0 Å². The van der Waals surface area contributed by atoms with Crippen molar-refractivity contribution in [1.82, 2.24) is 20.6 Å². The predicted molar refractivity (Wildman–Crippen MR) is 66.5 cm³/mol. The smallest absolute Gasteiger partial charge is 0.237 e. The van der Waals surface area contributed by atoms with E-state index in [1.807, 2.05) is 0 Å². The molecule has 1 amide bonds. The molecule has 3 rings (SSSR count). The van der Waals surface area contributed by atoms with Crippen LogP contribution >= 0.6 is 0 Å². The molecule has 0 aromatic carbocycles. The zero-order chi connectivity index (χ0) is 13.1. The monoisotopic (exact) mass is 266 g/mol. The number of rotatable bonds is 3. The molecule has 1 aromatic heterocycles. The molecule has 3 heterocycles. The summed E-state index contributed by atoms with van der Waals surface area (Å²) >= 11 is 0. The van der Waals surface area contributed by atoms with Gasteiger partial charge in [0, 0.05) is 19.5 Å². The van der Waals surface area contributed by atoms with Gasteiger partial charge in [0.25, 0.3) is 0 Å². The number of amides is 1. The summed E-state index contributed by atoms with van der Waals surface area (Å²) < 4.78 is 10.8. The number of fused-ring (bicyclic) bond motifs is 1. The first-order chi connectivity index (χ1) is 9.33. The summed E-state index contributed by atoms with van der Waals surface area (Å²) in [4.78, 5) is 19.3. The van der Waals surface area contributed by atoms with Gasteiger partial charge in [0.2, 0.25) is 5.91 Å². The molecule has 1 aromatic rings. The third-order valence-corrected chi connectivity index (χ3v) is 3.44. The van der Waals surface area contributed by atoms with E-state index < -0.39 is 0 Å². The SMILES string of the molecule is O=C(NCC1COCCO1)C1Cc2nc[nH]c2CN1. The highest BCUT2D eigenvalue weighted by molar-refractivity contribution is 5.82. The molecule has 3 N–H and O–H groups in total. The molecule has 7 heteroatoms. The minimum absolute atomic E-state index is 0.0113. The Balaban J connectivity index is 1.48. The van der Waals surface area contributed by atoms with Crippen molar-refractivity contribution in [3.05, 3.63) is 17.7 Å². The first-order valence-electron chi connectivity index (χ1n) is 6.54. The molecule has 0 radical (unpaired) electrons. The molecule has 7 nitrogen and oxygen atoms in total. The standard InChI is InChI=1S/C12H18N4O3/c17-12(14-4-8-6-18-1-2-19-8)10-3-9-11(5-13-10)16-7-15-9/h7-8,10,13H,1-6H2,(H,14,17)(H,15,16). The number of nitrogens with one attached hydrogen (secondary N) is 3. The van der Waals surface area contributed by atoms with Gasteiger partial charge in [0.1, 0.15) is 0 Å². The highest BCUT2D eigenvalue weighted by atomic mass is 16.6. The van der Waals surface area contributed by atoms with E-state index in [1.54, 1.807) is 6.33 Å². The Labute approximate surface area is 111 Å². The molecule has 0 saturated carbocycles. The number of nitrogens with zero attached hydrogens (tertiary/aromatic N) is 1. The lowest BCUT2D eigenvalue weighted by atomic mass is 10.0. The van der Waals surface area contributed by atoms with Crippen LogP contribution < -0.4 is 10.6 Å². The van der Waals surface area contributed by atoms with Crippen LogP contribution in [0, 0.1) is 0 Å². The van der Waals surface area contributed by atoms with Crippen molar-refractivity contribution in [3.8, 4) is 0 Å². The van der Waals surface area contributed by atoms with E-state index in [2.05, 4.69) is 20.6 Å². The van der Waals surface area contributed by atoms with Gasteiger partial charge in [-0.1, -0.05) is 0 Å². The van der Waals surface area contributed by atoms with E-state index in [-0.39, 0.29) is 18.1 Å². The number of carbonyl (C=O) groups excluding carboxylic acids is 1. The third-order valence-electron chi connectivity index (χ3n) is 3.44. The van der Waals surface area contributed by atoms with Gasteiger partial charge >= 0.3 is 0 Å². The number of H-pyrrole nitrogens is 1. The summed E-state index contributed by atoms with van der Waals surface area (Å²) in [5, 5.41) is 6.09. The van der Waals surface area contributed by atoms with Crippen LogP contribution in [-0.2, 0) is 27.2 Å². The minimum atomic E-state index is -0.222. The highest BCUT2D eigenvalue weighted by Gasteiger charge is 2.26. The van der Waals surface area contributed by atoms with E-state index >= 15 is 0 Å². The normalized spacial score (nSPS) is 26.7. The van der Waals surface area contributed by atoms with Gasteiger partial charge in [-0.3, -0.25) is 10.1 Å². The summed E-state index contributed by atoms with van der Waals surface area (Å²) in [5.74, 6) is -0.0113. The van der Waals surface area contributed by atoms with Crippen LogP contribution in [0.3, 0.4) is 0 Å². The first-order valence-corrected chi connectivity index (χ1v) is 6.54. The van der Waals surface area contributed by atoms with Gasteiger partial charge in [0.05, 0.1) is 49.7 Å². The van der Waals surface area contributed by atoms with Crippen LogP contribution in [-0.4, -0.2) is 54.4 Å². The highest BCUT2D eigenvalue weighted by Crippen LogP contribution is 2.12. The van der Waals surface area contributed by atoms with Crippen LogP contribution in [0.2, 0.25) is 0 Å². The molecule has 2 unspecified atom stereocenters. The molecule has 1 saturated heterocycles.